The van der Waals surface area contributed by atoms with E-state index in [-0.39, 0.29) is 18.5 Å². The minimum atomic E-state index is -0.568. The summed E-state index contributed by atoms with van der Waals surface area (Å²) in [6.07, 6.45) is 1.35. The zero-order chi connectivity index (χ0) is 17.1. The number of rotatable bonds is 3. The summed E-state index contributed by atoms with van der Waals surface area (Å²) in [7, 11) is 2.03. The van der Waals surface area contributed by atoms with Gasteiger partial charge in [-0.1, -0.05) is 30.3 Å². The van der Waals surface area contributed by atoms with Crippen molar-refractivity contribution in [2.45, 2.75) is 12.6 Å². The molecular formula is C17H20N4O3. The van der Waals surface area contributed by atoms with Crippen molar-refractivity contribution in [3.05, 3.63) is 69.0 Å². The highest BCUT2D eigenvalue weighted by Gasteiger charge is 2.30. The van der Waals surface area contributed by atoms with Crippen molar-refractivity contribution < 1.29 is 4.79 Å². The average Bonchev–Trinajstić information content (AvgIpc) is 2.58. The second kappa shape index (κ2) is 6.84. The summed E-state index contributed by atoms with van der Waals surface area (Å²) >= 11 is 0. The molecule has 0 bridgehead atoms. The zero-order valence-corrected chi connectivity index (χ0v) is 13.5. The molecule has 1 atom stereocenters. The summed E-state index contributed by atoms with van der Waals surface area (Å²) in [4.78, 5) is 41.8. The Labute approximate surface area is 139 Å². The highest BCUT2D eigenvalue weighted by Crippen LogP contribution is 2.25. The van der Waals surface area contributed by atoms with Crippen LogP contribution in [-0.2, 0) is 11.3 Å². The molecule has 7 heteroatoms. The van der Waals surface area contributed by atoms with Crippen LogP contribution in [0, 0.1) is 0 Å². The third-order valence-corrected chi connectivity index (χ3v) is 4.29. The molecule has 1 fully saturated rings. The second-order valence-corrected chi connectivity index (χ2v) is 6.01. The molecule has 0 aliphatic carbocycles. The number of H-pyrrole nitrogens is 1. The Kier molecular flexibility index (Phi) is 4.61. The van der Waals surface area contributed by atoms with Gasteiger partial charge in [-0.3, -0.25) is 19.1 Å². The molecule has 3 rings (SSSR count). The number of amides is 1. The maximum atomic E-state index is 12.8. The Morgan fingerprint density at radius 1 is 1.17 bits per heavy atom. The van der Waals surface area contributed by atoms with Crippen LogP contribution in [0.2, 0.25) is 0 Å². The largest absolute Gasteiger partial charge is 0.332 e. The van der Waals surface area contributed by atoms with Crippen LogP contribution in [0.15, 0.2) is 52.2 Å². The lowest BCUT2D eigenvalue weighted by atomic mass is 10.0. The Morgan fingerprint density at radius 3 is 2.62 bits per heavy atom. The van der Waals surface area contributed by atoms with Gasteiger partial charge in [0, 0.05) is 31.9 Å². The average molecular weight is 328 g/mol. The smallest absolute Gasteiger partial charge is 0.328 e. The molecule has 1 saturated heterocycles. The number of nitrogens with one attached hydrogen (secondary N) is 1. The highest BCUT2D eigenvalue weighted by atomic mass is 16.2. The van der Waals surface area contributed by atoms with E-state index < -0.39 is 11.2 Å². The van der Waals surface area contributed by atoms with Gasteiger partial charge >= 0.3 is 5.69 Å². The van der Waals surface area contributed by atoms with E-state index in [9.17, 15) is 14.4 Å². The van der Waals surface area contributed by atoms with Gasteiger partial charge in [0.05, 0.1) is 6.04 Å². The number of aromatic nitrogens is 2. The number of benzene rings is 1. The maximum absolute atomic E-state index is 12.8. The van der Waals surface area contributed by atoms with Crippen LogP contribution in [0.25, 0.3) is 0 Å². The van der Waals surface area contributed by atoms with E-state index in [1.807, 2.05) is 42.3 Å². The van der Waals surface area contributed by atoms with Crippen LogP contribution in [0.5, 0.6) is 0 Å². The molecule has 126 valence electrons. The van der Waals surface area contributed by atoms with E-state index in [4.69, 9.17) is 0 Å². The number of aromatic amines is 1. The van der Waals surface area contributed by atoms with Gasteiger partial charge in [0.25, 0.3) is 5.56 Å². The molecule has 7 nitrogen and oxygen atoms in total. The Morgan fingerprint density at radius 2 is 1.92 bits per heavy atom. The first kappa shape index (κ1) is 16.2. The lowest BCUT2D eigenvalue weighted by Crippen LogP contribution is -2.50. The van der Waals surface area contributed by atoms with Gasteiger partial charge in [0.15, 0.2) is 0 Å². The molecule has 0 saturated carbocycles. The molecule has 1 amide bonds. The van der Waals surface area contributed by atoms with Crippen molar-refractivity contribution in [1.29, 1.82) is 0 Å². The SMILES string of the molecule is CN1CCN(C(=O)Cn2ccc(=O)[nH]c2=O)C(c2ccccc2)C1. The lowest BCUT2D eigenvalue weighted by molar-refractivity contribution is -0.136. The van der Waals surface area contributed by atoms with Gasteiger partial charge in [0.2, 0.25) is 5.91 Å². The van der Waals surface area contributed by atoms with Gasteiger partial charge in [-0.15, -0.1) is 0 Å². The van der Waals surface area contributed by atoms with Gasteiger partial charge in [-0.05, 0) is 12.6 Å². The number of carbonyl (C=O) groups is 1. The summed E-state index contributed by atoms with van der Waals surface area (Å²) in [6, 6.07) is 11.1. The topological polar surface area (TPSA) is 78.4 Å². The van der Waals surface area contributed by atoms with E-state index >= 15 is 0 Å². The Balaban J connectivity index is 1.83. The molecule has 0 radical (unpaired) electrons. The Bertz CT molecular complexity index is 827. The number of piperazine rings is 1. The van der Waals surface area contributed by atoms with Crippen molar-refractivity contribution in [1.82, 2.24) is 19.4 Å². The third kappa shape index (κ3) is 3.46. The monoisotopic (exact) mass is 328 g/mol. The first-order valence-corrected chi connectivity index (χ1v) is 7.87. The Hall–Kier alpha value is -2.67. The third-order valence-electron chi connectivity index (χ3n) is 4.29. The number of nitrogens with zero attached hydrogens (tertiary/aromatic N) is 3. The number of hydrogen-bond donors (Lipinski definition) is 1. The summed E-state index contributed by atoms with van der Waals surface area (Å²) in [5.41, 5.74) is 0.0397. The lowest BCUT2D eigenvalue weighted by Gasteiger charge is -2.40. The second-order valence-electron chi connectivity index (χ2n) is 6.01. The molecule has 1 aromatic heterocycles. The van der Waals surface area contributed by atoms with Crippen molar-refractivity contribution in [2.24, 2.45) is 0 Å². The van der Waals surface area contributed by atoms with Crippen LogP contribution >= 0.6 is 0 Å². The predicted molar refractivity (Wildman–Crippen MR) is 89.7 cm³/mol. The van der Waals surface area contributed by atoms with Crippen molar-refractivity contribution in [3.63, 3.8) is 0 Å². The standard InChI is InChI=1S/C17H20N4O3/c1-19-9-10-21(14(11-19)13-5-3-2-4-6-13)16(23)12-20-8-7-15(22)18-17(20)24/h2-8,14H,9-12H2,1H3,(H,18,22,24). The molecule has 1 aromatic carbocycles. The van der Waals surface area contributed by atoms with E-state index in [0.29, 0.717) is 6.54 Å². The molecule has 1 aliphatic heterocycles. The quantitative estimate of drug-likeness (QED) is 0.864. The molecule has 0 spiro atoms. The van der Waals surface area contributed by atoms with Crippen LogP contribution in [0.4, 0.5) is 0 Å². The fourth-order valence-electron chi connectivity index (χ4n) is 2.98. The van der Waals surface area contributed by atoms with E-state index in [1.165, 1.54) is 16.8 Å². The fourth-order valence-corrected chi connectivity index (χ4v) is 2.98. The number of carbonyl (C=O) groups excluding carboxylic acids is 1. The first-order chi connectivity index (χ1) is 11.5. The van der Waals surface area contributed by atoms with Crippen LogP contribution in [0.3, 0.4) is 0 Å². The van der Waals surface area contributed by atoms with Gasteiger partial charge in [0.1, 0.15) is 6.54 Å². The zero-order valence-electron chi connectivity index (χ0n) is 13.5. The van der Waals surface area contributed by atoms with Crippen molar-refractivity contribution >= 4 is 5.91 Å². The van der Waals surface area contributed by atoms with Crippen LogP contribution in [-0.4, -0.2) is 51.9 Å². The molecule has 2 heterocycles. The van der Waals surface area contributed by atoms with Crippen molar-refractivity contribution in [2.75, 3.05) is 26.7 Å². The molecular weight excluding hydrogens is 308 g/mol. The predicted octanol–water partition coefficient (Wildman–Crippen LogP) is 0.0519. The molecule has 1 unspecified atom stereocenters. The minimum Gasteiger partial charge on any atom is -0.332 e. The molecule has 1 aliphatic rings. The number of hydrogen-bond acceptors (Lipinski definition) is 4. The van der Waals surface area contributed by atoms with Gasteiger partial charge in [-0.2, -0.15) is 0 Å². The summed E-state index contributed by atoms with van der Waals surface area (Å²) < 4.78 is 1.23. The highest BCUT2D eigenvalue weighted by molar-refractivity contribution is 5.76. The number of likely N-dealkylation sites (N-methyl/N-ethyl adjacent to an activating group) is 1. The normalized spacial score (nSPS) is 18.5. The summed E-state index contributed by atoms with van der Waals surface area (Å²) in [5, 5.41) is 0. The fraction of sp³-hybridized carbons (Fsp3) is 0.353. The molecule has 1 N–H and O–H groups in total. The van der Waals surface area contributed by atoms with E-state index in [0.717, 1.165) is 18.7 Å². The van der Waals surface area contributed by atoms with Crippen molar-refractivity contribution in [3.8, 4) is 0 Å². The summed E-state index contributed by atoms with van der Waals surface area (Å²) in [6.45, 7) is 2.06. The molecule has 24 heavy (non-hydrogen) atoms. The maximum Gasteiger partial charge on any atom is 0.328 e. The van der Waals surface area contributed by atoms with Crippen LogP contribution < -0.4 is 11.2 Å². The minimum absolute atomic E-state index is 0.0455. The van der Waals surface area contributed by atoms with Crippen LogP contribution in [0.1, 0.15) is 11.6 Å². The summed E-state index contributed by atoms with van der Waals surface area (Å²) in [5.74, 6) is -0.133. The van der Waals surface area contributed by atoms with Gasteiger partial charge < -0.3 is 9.80 Å². The van der Waals surface area contributed by atoms with E-state index in [2.05, 4.69) is 9.88 Å². The first-order valence-electron chi connectivity index (χ1n) is 7.87. The van der Waals surface area contributed by atoms with E-state index in [1.54, 1.807) is 0 Å². The van der Waals surface area contributed by atoms with Gasteiger partial charge in [-0.25, -0.2) is 4.79 Å². The molecule has 2 aromatic rings.